The van der Waals surface area contributed by atoms with Gasteiger partial charge >= 0.3 is 12.0 Å². The van der Waals surface area contributed by atoms with Gasteiger partial charge in [0.1, 0.15) is 11.4 Å². The third-order valence-corrected chi connectivity index (χ3v) is 4.43. The van der Waals surface area contributed by atoms with Crippen molar-refractivity contribution in [3.63, 3.8) is 0 Å². The first-order chi connectivity index (χ1) is 10.4. The molecule has 0 bridgehead atoms. The van der Waals surface area contributed by atoms with Gasteiger partial charge in [0, 0.05) is 5.92 Å². The largest absolute Gasteiger partial charge is 0.481 e. The van der Waals surface area contributed by atoms with E-state index in [2.05, 4.69) is 10.6 Å². The van der Waals surface area contributed by atoms with Crippen LogP contribution in [0.2, 0.25) is 0 Å². The topological polar surface area (TPSA) is 95.5 Å². The number of hydrogen-bond donors (Lipinski definition) is 3. The molecule has 6 nitrogen and oxygen atoms in total. The molecule has 0 radical (unpaired) electrons. The minimum Gasteiger partial charge on any atom is -0.481 e. The highest BCUT2D eigenvalue weighted by Gasteiger charge is 2.62. The van der Waals surface area contributed by atoms with Crippen LogP contribution in [0.1, 0.15) is 18.4 Å². The Kier molecular flexibility index (Phi) is 3.35. The number of amides is 3. The number of aliphatic carboxylic acids is 1. The first kappa shape index (κ1) is 14.5. The number of rotatable bonds is 5. The predicted molar refractivity (Wildman–Crippen MR) is 73.4 cm³/mol. The van der Waals surface area contributed by atoms with Gasteiger partial charge in [-0.15, -0.1) is 0 Å². The third kappa shape index (κ3) is 2.43. The average Bonchev–Trinajstić information content (AvgIpc) is 3.21. The van der Waals surface area contributed by atoms with Crippen molar-refractivity contribution < 1.29 is 23.9 Å². The Morgan fingerprint density at radius 1 is 1.32 bits per heavy atom. The summed E-state index contributed by atoms with van der Waals surface area (Å²) in [6, 6.07) is 5.28. The molecular formula is C15H15FN2O4. The molecule has 1 aliphatic carbocycles. The first-order valence-corrected chi connectivity index (χ1v) is 7.03. The molecule has 1 aromatic carbocycles. The average molecular weight is 306 g/mol. The van der Waals surface area contributed by atoms with Crippen molar-refractivity contribution in [2.24, 2.45) is 11.8 Å². The second kappa shape index (κ2) is 5.08. The highest BCUT2D eigenvalue weighted by Crippen LogP contribution is 2.49. The summed E-state index contributed by atoms with van der Waals surface area (Å²) in [5.74, 6) is -2.80. The number of benzene rings is 1. The highest BCUT2D eigenvalue weighted by molar-refractivity contribution is 6.07. The van der Waals surface area contributed by atoms with Crippen molar-refractivity contribution in [1.82, 2.24) is 10.6 Å². The van der Waals surface area contributed by atoms with Crippen LogP contribution in [0.4, 0.5) is 9.18 Å². The molecule has 1 saturated carbocycles. The number of hydrogen-bond acceptors (Lipinski definition) is 3. The molecule has 3 atom stereocenters. The van der Waals surface area contributed by atoms with Gasteiger partial charge in [0.15, 0.2) is 0 Å². The molecule has 0 spiro atoms. The maximum absolute atomic E-state index is 12.9. The van der Waals surface area contributed by atoms with Crippen molar-refractivity contribution >= 4 is 17.9 Å². The van der Waals surface area contributed by atoms with Gasteiger partial charge in [-0.3, -0.25) is 14.9 Å². The summed E-state index contributed by atoms with van der Waals surface area (Å²) in [5, 5.41) is 13.9. The van der Waals surface area contributed by atoms with E-state index in [0.717, 1.165) is 5.56 Å². The van der Waals surface area contributed by atoms with Gasteiger partial charge in [0.25, 0.3) is 5.91 Å². The number of imide groups is 1. The Hall–Kier alpha value is -2.44. The molecule has 2 aliphatic rings. The lowest BCUT2D eigenvalue weighted by Gasteiger charge is -2.26. The van der Waals surface area contributed by atoms with E-state index in [0.29, 0.717) is 12.8 Å². The Morgan fingerprint density at radius 3 is 2.50 bits per heavy atom. The minimum atomic E-state index is -1.19. The maximum atomic E-state index is 12.9. The second-order valence-electron chi connectivity index (χ2n) is 5.79. The van der Waals surface area contributed by atoms with Gasteiger partial charge in [-0.05, 0) is 37.0 Å². The zero-order chi connectivity index (χ0) is 15.9. The smallest absolute Gasteiger partial charge is 0.322 e. The van der Waals surface area contributed by atoms with E-state index in [-0.39, 0.29) is 12.2 Å². The predicted octanol–water partition coefficient (Wildman–Crippen LogP) is 1.06. The lowest BCUT2D eigenvalue weighted by atomic mass is 9.85. The van der Waals surface area contributed by atoms with Gasteiger partial charge in [-0.2, -0.15) is 0 Å². The van der Waals surface area contributed by atoms with Crippen molar-refractivity contribution in [2.75, 3.05) is 0 Å². The fourth-order valence-electron chi connectivity index (χ4n) is 3.13. The number of carboxylic acids is 1. The van der Waals surface area contributed by atoms with Gasteiger partial charge in [0.05, 0.1) is 5.92 Å². The molecule has 2 fully saturated rings. The van der Waals surface area contributed by atoms with Crippen LogP contribution in [-0.4, -0.2) is 28.6 Å². The van der Waals surface area contributed by atoms with E-state index in [1.165, 1.54) is 12.1 Å². The molecule has 1 aliphatic heterocycles. The monoisotopic (exact) mass is 306 g/mol. The second-order valence-corrected chi connectivity index (χ2v) is 5.79. The first-order valence-electron chi connectivity index (χ1n) is 7.03. The molecule has 0 aromatic heterocycles. The molecule has 3 rings (SSSR count). The quantitative estimate of drug-likeness (QED) is 0.709. The lowest BCUT2D eigenvalue weighted by molar-refractivity contribution is -0.139. The van der Waals surface area contributed by atoms with Crippen LogP contribution in [0.5, 0.6) is 0 Å². The van der Waals surface area contributed by atoms with Gasteiger partial charge in [0.2, 0.25) is 0 Å². The van der Waals surface area contributed by atoms with Crippen LogP contribution in [0.3, 0.4) is 0 Å². The molecule has 1 heterocycles. The fraction of sp³-hybridized carbons (Fsp3) is 0.400. The number of carboxylic acid groups (broad SMARTS) is 1. The molecule has 22 heavy (non-hydrogen) atoms. The molecule has 3 unspecified atom stereocenters. The molecule has 3 N–H and O–H groups in total. The Balaban J connectivity index is 1.78. The van der Waals surface area contributed by atoms with Crippen molar-refractivity contribution in [1.29, 1.82) is 0 Å². The minimum absolute atomic E-state index is 0.282. The van der Waals surface area contributed by atoms with Crippen LogP contribution in [0.15, 0.2) is 24.3 Å². The molecule has 7 heteroatoms. The molecule has 3 amide bonds. The highest BCUT2D eigenvalue weighted by atomic mass is 19.1. The van der Waals surface area contributed by atoms with Crippen molar-refractivity contribution in [3.05, 3.63) is 35.6 Å². The van der Waals surface area contributed by atoms with Gasteiger partial charge < -0.3 is 10.4 Å². The Labute approximate surface area is 125 Å². The van der Waals surface area contributed by atoms with E-state index in [9.17, 15) is 18.8 Å². The standard InChI is InChI=1S/C15H15FN2O4/c16-9-3-1-8(2-4-9)5-6-15(11-7-10(11)12(19)20)13(21)17-14(22)18-15/h1-4,10-11H,5-7H2,(H,19,20)(H2,17,18,21,22). The summed E-state index contributed by atoms with van der Waals surface area (Å²) in [7, 11) is 0. The van der Waals surface area contributed by atoms with E-state index >= 15 is 0 Å². The zero-order valence-electron chi connectivity index (χ0n) is 11.6. The van der Waals surface area contributed by atoms with Crippen LogP contribution in [-0.2, 0) is 16.0 Å². The van der Waals surface area contributed by atoms with Crippen molar-refractivity contribution in [3.8, 4) is 0 Å². The van der Waals surface area contributed by atoms with Crippen LogP contribution >= 0.6 is 0 Å². The summed E-state index contributed by atoms with van der Waals surface area (Å²) in [6.07, 6.45) is 1.09. The third-order valence-electron chi connectivity index (χ3n) is 4.43. The summed E-state index contributed by atoms with van der Waals surface area (Å²) in [4.78, 5) is 34.8. The van der Waals surface area contributed by atoms with Crippen LogP contribution in [0.25, 0.3) is 0 Å². The van der Waals surface area contributed by atoms with Gasteiger partial charge in [-0.1, -0.05) is 12.1 Å². The molecular weight excluding hydrogens is 291 g/mol. The normalized spacial score (nSPS) is 29.9. The number of carbonyl (C=O) groups is 3. The lowest BCUT2D eigenvalue weighted by Crippen LogP contribution is -2.50. The Morgan fingerprint density at radius 2 is 2.00 bits per heavy atom. The summed E-state index contributed by atoms with van der Waals surface area (Å²) in [5.41, 5.74) is -0.364. The maximum Gasteiger partial charge on any atom is 0.322 e. The molecule has 116 valence electrons. The van der Waals surface area contributed by atoms with Gasteiger partial charge in [-0.25, -0.2) is 9.18 Å². The van der Waals surface area contributed by atoms with Crippen molar-refractivity contribution in [2.45, 2.75) is 24.8 Å². The number of carbonyl (C=O) groups excluding carboxylic acids is 2. The SMILES string of the molecule is O=C1NC(=O)C(CCc2ccc(F)cc2)(C2CC2C(=O)O)N1. The fourth-order valence-corrected chi connectivity index (χ4v) is 3.13. The van der Waals surface area contributed by atoms with Crippen LogP contribution in [0, 0.1) is 17.7 Å². The van der Waals surface area contributed by atoms with E-state index < -0.39 is 35.3 Å². The summed E-state index contributed by atoms with van der Waals surface area (Å²) < 4.78 is 12.9. The zero-order valence-corrected chi connectivity index (χ0v) is 11.6. The summed E-state index contributed by atoms with van der Waals surface area (Å²) in [6.45, 7) is 0. The number of nitrogens with one attached hydrogen (secondary N) is 2. The number of aryl methyl sites for hydroxylation is 1. The van der Waals surface area contributed by atoms with E-state index in [1.54, 1.807) is 12.1 Å². The molecule has 1 saturated heterocycles. The Bertz CT molecular complexity index is 645. The van der Waals surface area contributed by atoms with E-state index in [1.807, 2.05) is 0 Å². The van der Waals surface area contributed by atoms with Crippen LogP contribution < -0.4 is 10.6 Å². The van der Waals surface area contributed by atoms with E-state index in [4.69, 9.17) is 5.11 Å². The number of urea groups is 1. The number of halogens is 1. The molecule has 1 aromatic rings. The summed E-state index contributed by atoms with van der Waals surface area (Å²) >= 11 is 0.